The highest BCUT2D eigenvalue weighted by molar-refractivity contribution is 7.14. The zero-order valence-corrected chi connectivity index (χ0v) is 14.9. The van der Waals surface area contributed by atoms with Crippen molar-refractivity contribution in [2.24, 2.45) is 0 Å². The predicted octanol–water partition coefficient (Wildman–Crippen LogP) is 3.34. The molecule has 0 spiro atoms. The summed E-state index contributed by atoms with van der Waals surface area (Å²) in [5, 5.41) is 6.21. The average Bonchev–Trinajstić information content (AvgIpc) is 3.34. The quantitative estimate of drug-likeness (QED) is 0.700. The van der Waals surface area contributed by atoms with E-state index < -0.39 is 0 Å². The Morgan fingerprint density at radius 1 is 0.833 bits per heavy atom. The highest BCUT2D eigenvalue weighted by Gasteiger charge is 2.26. The molecule has 0 unspecified atom stereocenters. The van der Waals surface area contributed by atoms with Crippen LogP contribution < -0.4 is 9.80 Å². The Balaban J connectivity index is 1.48. The number of rotatable bonds is 5. The molecule has 1 aromatic carbocycles. The molecule has 0 bridgehead atoms. The van der Waals surface area contributed by atoms with E-state index in [1.165, 1.54) is 5.56 Å². The summed E-state index contributed by atoms with van der Waals surface area (Å²) in [7, 11) is 0. The highest BCUT2D eigenvalue weighted by Crippen LogP contribution is 2.25. The first-order valence-corrected chi connectivity index (χ1v) is 9.69. The molecule has 3 heterocycles. The third-order valence-corrected chi connectivity index (χ3v) is 5.69. The van der Waals surface area contributed by atoms with Crippen LogP contribution in [-0.2, 0) is 6.42 Å². The maximum Gasteiger partial charge on any atom is 0.187 e. The molecule has 1 fully saturated rings. The van der Waals surface area contributed by atoms with Gasteiger partial charge in [-0.15, -0.1) is 22.7 Å². The third-order valence-electron chi connectivity index (χ3n) is 4.02. The lowest BCUT2D eigenvalue weighted by atomic mass is 10.1. The molecule has 1 aliphatic heterocycles. The summed E-state index contributed by atoms with van der Waals surface area (Å²) in [5.74, 6) is 0. The van der Waals surface area contributed by atoms with E-state index in [1.54, 1.807) is 22.7 Å². The van der Waals surface area contributed by atoms with Crippen LogP contribution in [0, 0.1) is 0 Å². The molecular weight excluding hydrogens is 338 g/mol. The predicted molar refractivity (Wildman–Crippen MR) is 101 cm³/mol. The number of benzene rings is 1. The summed E-state index contributed by atoms with van der Waals surface area (Å²) in [5.41, 5.74) is 1.38. The topological polar surface area (TPSA) is 35.5 Å². The second kappa shape index (κ2) is 7.29. The van der Waals surface area contributed by atoms with E-state index in [-0.39, 0.29) is 0 Å². The molecule has 124 valence electrons. The largest absolute Gasteiger partial charge is 0.317 e. The Bertz CT molecular complexity index is 687. The molecule has 2 aromatic heterocycles. The smallest absolute Gasteiger partial charge is 0.187 e. The van der Waals surface area contributed by atoms with Crippen LogP contribution in [0.2, 0.25) is 0 Å². The van der Waals surface area contributed by atoms with E-state index >= 15 is 0 Å². The van der Waals surface area contributed by atoms with Crippen LogP contribution in [0.15, 0.2) is 53.5 Å². The zero-order chi connectivity index (χ0) is 16.2. The molecule has 1 aliphatic rings. The van der Waals surface area contributed by atoms with Crippen molar-refractivity contribution in [2.75, 3.05) is 36.4 Å². The van der Waals surface area contributed by atoms with Gasteiger partial charge in [0, 0.05) is 29.7 Å². The van der Waals surface area contributed by atoms with Crippen LogP contribution in [-0.4, -0.2) is 41.4 Å². The maximum atomic E-state index is 4.48. The highest BCUT2D eigenvalue weighted by atomic mass is 32.1. The van der Waals surface area contributed by atoms with Gasteiger partial charge in [0.15, 0.2) is 10.3 Å². The molecule has 5 nitrogen and oxygen atoms in total. The molecule has 24 heavy (non-hydrogen) atoms. The molecule has 0 N–H and O–H groups in total. The van der Waals surface area contributed by atoms with Gasteiger partial charge in [0.25, 0.3) is 0 Å². The Labute approximate surface area is 149 Å². The van der Waals surface area contributed by atoms with Crippen molar-refractivity contribution >= 4 is 32.9 Å². The molecular formula is C17H19N5S2. The van der Waals surface area contributed by atoms with Gasteiger partial charge in [-0.3, -0.25) is 4.90 Å². The molecule has 4 rings (SSSR count). The molecule has 3 aromatic rings. The summed E-state index contributed by atoms with van der Waals surface area (Å²) in [6.45, 7) is 3.67. The van der Waals surface area contributed by atoms with Crippen LogP contribution in [0.5, 0.6) is 0 Å². The number of hydrogen-bond acceptors (Lipinski definition) is 7. The van der Waals surface area contributed by atoms with Gasteiger partial charge in [-0.1, -0.05) is 30.3 Å². The van der Waals surface area contributed by atoms with Crippen molar-refractivity contribution in [3.05, 3.63) is 59.0 Å². The normalized spacial score (nSPS) is 15.8. The fourth-order valence-electron chi connectivity index (χ4n) is 2.88. The zero-order valence-electron chi connectivity index (χ0n) is 13.3. The lowest BCUT2D eigenvalue weighted by Gasteiger charge is -2.42. The van der Waals surface area contributed by atoms with Gasteiger partial charge >= 0.3 is 0 Å². The second-order valence-electron chi connectivity index (χ2n) is 5.76. The second-order valence-corrected chi connectivity index (χ2v) is 7.51. The van der Waals surface area contributed by atoms with Crippen molar-refractivity contribution in [3.8, 4) is 0 Å². The van der Waals surface area contributed by atoms with Gasteiger partial charge < -0.3 is 9.80 Å². The Morgan fingerprint density at radius 2 is 1.46 bits per heavy atom. The molecule has 0 amide bonds. The Hall–Kier alpha value is -1.96. The standard InChI is InChI=1S/C17H19N5S2/c1-2-4-15(5-3-1)6-9-20-12-21(16-18-7-10-23-16)14-22(13-20)17-19-8-11-24-17/h1-5,7-8,10-11H,6,9,12-14H2. The van der Waals surface area contributed by atoms with Gasteiger partial charge in [-0.25, -0.2) is 9.97 Å². The summed E-state index contributed by atoms with van der Waals surface area (Å²) in [6, 6.07) is 10.7. The van der Waals surface area contributed by atoms with E-state index in [4.69, 9.17) is 0 Å². The Morgan fingerprint density at radius 3 is 2.00 bits per heavy atom. The van der Waals surface area contributed by atoms with Gasteiger partial charge in [-0.2, -0.15) is 0 Å². The Kier molecular flexibility index (Phi) is 4.73. The van der Waals surface area contributed by atoms with E-state index in [0.29, 0.717) is 0 Å². The summed E-state index contributed by atoms with van der Waals surface area (Å²) < 4.78 is 0. The molecule has 0 aliphatic carbocycles. The van der Waals surface area contributed by atoms with Crippen molar-refractivity contribution in [1.29, 1.82) is 0 Å². The average molecular weight is 358 g/mol. The molecule has 7 heteroatoms. The fraction of sp³-hybridized carbons (Fsp3) is 0.294. The van der Waals surface area contributed by atoms with Gasteiger partial charge in [0.2, 0.25) is 0 Å². The van der Waals surface area contributed by atoms with Crippen molar-refractivity contribution in [1.82, 2.24) is 14.9 Å². The van der Waals surface area contributed by atoms with E-state index in [2.05, 4.69) is 55.0 Å². The van der Waals surface area contributed by atoms with Gasteiger partial charge in [0.1, 0.15) is 0 Å². The van der Waals surface area contributed by atoms with Crippen LogP contribution in [0.25, 0.3) is 0 Å². The lowest BCUT2D eigenvalue weighted by molar-refractivity contribution is 0.244. The lowest BCUT2D eigenvalue weighted by Crippen LogP contribution is -2.55. The van der Waals surface area contributed by atoms with Crippen molar-refractivity contribution in [3.63, 3.8) is 0 Å². The molecule has 1 saturated heterocycles. The minimum Gasteiger partial charge on any atom is -0.317 e. The maximum absolute atomic E-state index is 4.48. The van der Waals surface area contributed by atoms with Crippen LogP contribution in [0.3, 0.4) is 0 Å². The van der Waals surface area contributed by atoms with E-state index in [9.17, 15) is 0 Å². The SMILES string of the molecule is c1ccc(CCN2CN(c3nccs3)CN(c3nccs3)C2)cc1. The molecule has 0 radical (unpaired) electrons. The molecule has 0 saturated carbocycles. The molecule has 0 atom stereocenters. The number of hydrogen-bond donors (Lipinski definition) is 0. The summed E-state index contributed by atoms with van der Waals surface area (Å²) in [6.07, 6.45) is 4.80. The minimum absolute atomic E-state index is 0.836. The summed E-state index contributed by atoms with van der Waals surface area (Å²) in [4.78, 5) is 16.1. The first-order chi connectivity index (χ1) is 11.9. The minimum atomic E-state index is 0.836. The monoisotopic (exact) mass is 357 g/mol. The van der Waals surface area contributed by atoms with Crippen LogP contribution >= 0.6 is 22.7 Å². The number of nitrogens with zero attached hydrogens (tertiary/aromatic N) is 5. The van der Waals surface area contributed by atoms with Crippen molar-refractivity contribution in [2.45, 2.75) is 6.42 Å². The third kappa shape index (κ3) is 3.58. The number of anilines is 2. The fourth-order valence-corrected chi connectivity index (χ4v) is 4.14. The first-order valence-electron chi connectivity index (χ1n) is 7.93. The first kappa shape index (κ1) is 15.6. The summed E-state index contributed by atoms with van der Waals surface area (Å²) >= 11 is 3.38. The van der Waals surface area contributed by atoms with Crippen LogP contribution in [0.4, 0.5) is 10.3 Å². The van der Waals surface area contributed by atoms with Gasteiger partial charge in [0.05, 0.1) is 20.0 Å². The van der Waals surface area contributed by atoms with Crippen LogP contribution in [0.1, 0.15) is 5.56 Å². The van der Waals surface area contributed by atoms with E-state index in [0.717, 1.165) is 43.2 Å². The van der Waals surface area contributed by atoms with Crippen molar-refractivity contribution < 1.29 is 0 Å². The number of aromatic nitrogens is 2. The number of thiazole rings is 2. The van der Waals surface area contributed by atoms with E-state index in [1.807, 2.05) is 23.2 Å². The van der Waals surface area contributed by atoms with Gasteiger partial charge in [-0.05, 0) is 12.0 Å².